The Hall–Kier alpha value is -1.95. The lowest BCUT2D eigenvalue weighted by Gasteiger charge is -2.19. The molecule has 2 rings (SSSR count). The number of carbonyl (C=O) groups excluding carboxylic acids is 1. The van der Waals surface area contributed by atoms with Gasteiger partial charge >= 0.3 is 6.09 Å². The Bertz CT molecular complexity index is 750. The maximum atomic E-state index is 11.6. The average Bonchev–Trinajstić information content (AvgIpc) is 2.84. The normalized spacial score (nSPS) is 11.7. The second-order valence-corrected chi connectivity index (χ2v) is 7.63. The molecule has 0 aliphatic carbocycles. The molecule has 2 aromatic rings. The van der Waals surface area contributed by atoms with E-state index in [9.17, 15) is 4.79 Å². The van der Waals surface area contributed by atoms with Gasteiger partial charge in [-0.3, -0.25) is 4.68 Å². The lowest BCUT2D eigenvalue weighted by molar-refractivity contribution is 0.0527. The number of hydrogen-bond acceptors (Lipinski definition) is 4. The number of fused-ring (bicyclic) bond motifs is 1. The van der Waals surface area contributed by atoms with Crippen molar-refractivity contribution in [2.24, 2.45) is 7.05 Å². The number of aromatic nitrogens is 2. The molecule has 0 bridgehead atoms. The fourth-order valence-corrected chi connectivity index (χ4v) is 2.93. The summed E-state index contributed by atoms with van der Waals surface area (Å²) in [5, 5.41) is 8.77. The Morgan fingerprint density at radius 2 is 2.08 bits per heavy atom. The molecule has 0 fully saturated rings. The standard InChI is InChI=1S/C18H27ClN4O2/c1-18(2,3)25-17(24)21-9-7-5-6-8-12-13-11-23(4)22-15(13)10-14(19)16(12)20/h10-11H,5-9,20H2,1-4H3,(H,21,24). The predicted octanol–water partition coefficient (Wildman–Crippen LogP) is 4.05. The molecule has 1 aromatic carbocycles. The number of ether oxygens (including phenoxy) is 1. The van der Waals surface area contributed by atoms with Crippen molar-refractivity contribution in [3.05, 3.63) is 22.8 Å². The molecule has 6 nitrogen and oxygen atoms in total. The number of benzene rings is 1. The van der Waals surface area contributed by atoms with E-state index in [0.717, 1.165) is 42.1 Å². The molecule has 138 valence electrons. The zero-order valence-corrected chi connectivity index (χ0v) is 16.1. The topological polar surface area (TPSA) is 82.2 Å². The number of rotatable bonds is 6. The maximum Gasteiger partial charge on any atom is 0.407 e. The van der Waals surface area contributed by atoms with E-state index in [-0.39, 0.29) is 6.09 Å². The molecule has 1 aromatic heterocycles. The number of nitrogens with zero attached hydrogens (tertiary/aromatic N) is 2. The minimum absolute atomic E-state index is 0.372. The summed E-state index contributed by atoms with van der Waals surface area (Å²) in [5.74, 6) is 0. The molecule has 3 N–H and O–H groups in total. The molecule has 1 heterocycles. The van der Waals surface area contributed by atoms with Crippen LogP contribution in [0.4, 0.5) is 10.5 Å². The van der Waals surface area contributed by atoms with Crippen LogP contribution in [0.1, 0.15) is 45.6 Å². The van der Waals surface area contributed by atoms with Gasteiger partial charge in [0.1, 0.15) is 5.60 Å². The molecule has 0 saturated carbocycles. The number of aryl methyl sites for hydroxylation is 2. The molecule has 7 heteroatoms. The minimum Gasteiger partial charge on any atom is -0.444 e. The molecule has 25 heavy (non-hydrogen) atoms. The number of halogens is 1. The molecule has 0 aliphatic heterocycles. The lowest BCUT2D eigenvalue weighted by atomic mass is 10.0. The number of unbranched alkanes of at least 4 members (excludes halogenated alkanes) is 2. The highest BCUT2D eigenvalue weighted by Gasteiger charge is 2.15. The number of anilines is 1. The van der Waals surface area contributed by atoms with E-state index in [2.05, 4.69) is 10.4 Å². The SMILES string of the molecule is Cn1cc2c(CCCCCNC(=O)OC(C)(C)C)c(N)c(Cl)cc2n1. The van der Waals surface area contributed by atoms with Gasteiger partial charge in [0.05, 0.1) is 16.2 Å². The highest BCUT2D eigenvalue weighted by molar-refractivity contribution is 6.34. The zero-order valence-electron chi connectivity index (χ0n) is 15.4. The number of nitrogens with two attached hydrogens (primary N) is 1. The molecule has 1 amide bonds. The summed E-state index contributed by atoms with van der Waals surface area (Å²) in [4.78, 5) is 11.6. The van der Waals surface area contributed by atoms with Crippen LogP contribution in [0.3, 0.4) is 0 Å². The molecule has 0 saturated heterocycles. The van der Waals surface area contributed by atoms with Crippen LogP contribution < -0.4 is 11.1 Å². The Kier molecular flexibility index (Phi) is 6.16. The van der Waals surface area contributed by atoms with Gasteiger partial charge in [-0.2, -0.15) is 5.10 Å². The van der Waals surface area contributed by atoms with Crippen molar-refractivity contribution in [1.29, 1.82) is 0 Å². The van der Waals surface area contributed by atoms with Crippen LogP contribution in [-0.4, -0.2) is 28.0 Å². The van der Waals surface area contributed by atoms with Crippen molar-refractivity contribution in [1.82, 2.24) is 15.1 Å². The van der Waals surface area contributed by atoms with Crippen molar-refractivity contribution in [3.63, 3.8) is 0 Å². The fraction of sp³-hybridized carbons (Fsp3) is 0.556. The predicted molar refractivity (Wildman–Crippen MR) is 102 cm³/mol. The highest BCUT2D eigenvalue weighted by atomic mass is 35.5. The summed E-state index contributed by atoms with van der Waals surface area (Å²) in [6, 6.07) is 1.81. The number of alkyl carbamates (subject to hydrolysis) is 1. The third-order valence-electron chi connectivity index (χ3n) is 3.80. The van der Waals surface area contributed by atoms with Crippen LogP contribution in [-0.2, 0) is 18.2 Å². The van der Waals surface area contributed by atoms with Gasteiger partial charge < -0.3 is 15.8 Å². The summed E-state index contributed by atoms with van der Waals surface area (Å²) in [7, 11) is 1.89. The van der Waals surface area contributed by atoms with Gasteiger partial charge in [-0.05, 0) is 51.7 Å². The summed E-state index contributed by atoms with van der Waals surface area (Å²) in [6.45, 7) is 6.14. The Labute approximate surface area is 153 Å². The maximum absolute atomic E-state index is 11.6. The van der Waals surface area contributed by atoms with Crippen LogP contribution in [0.2, 0.25) is 5.02 Å². The van der Waals surface area contributed by atoms with Crippen molar-refractivity contribution in [2.75, 3.05) is 12.3 Å². The van der Waals surface area contributed by atoms with E-state index in [0.29, 0.717) is 17.3 Å². The van der Waals surface area contributed by atoms with Crippen LogP contribution in [0.25, 0.3) is 10.9 Å². The zero-order chi connectivity index (χ0) is 18.6. The first-order valence-corrected chi connectivity index (χ1v) is 8.92. The van der Waals surface area contributed by atoms with E-state index in [1.54, 1.807) is 10.7 Å². The average molecular weight is 367 g/mol. The molecule has 0 radical (unpaired) electrons. The summed E-state index contributed by atoms with van der Waals surface area (Å²) in [5.41, 5.74) is 8.23. The van der Waals surface area contributed by atoms with Crippen LogP contribution in [0, 0.1) is 0 Å². The van der Waals surface area contributed by atoms with Gasteiger partial charge in [-0.25, -0.2) is 4.79 Å². The monoisotopic (exact) mass is 366 g/mol. The van der Waals surface area contributed by atoms with Crippen molar-refractivity contribution in [2.45, 2.75) is 52.1 Å². The van der Waals surface area contributed by atoms with Gasteiger partial charge in [-0.1, -0.05) is 18.0 Å². The second-order valence-electron chi connectivity index (χ2n) is 7.23. The Morgan fingerprint density at radius 1 is 1.36 bits per heavy atom. The van der Waals surface area contributed by atoms with Crippen LogP contribution in [0.15, 0.2) is 12.3 Å². The van der Waals surface area contributed by atoms with E-state index in [4.69, 9.17) is 22.1 Å². The lowest BCUT2D eigenvalue weighted by Crippen LogP contribution is -2.32. The molecular weight excluding hydrogens is 340 g/mol. The van der Waals surface area contributed by atoms with E-state index in [1.165, 1.54) is 0 Å². The largest absolute Gasteiger partial charge is 0.444 e. The summed E-state index contributed by atoms with van der Waals surface area (Å²) in [6.07, 6.45) is 5.26. The second kappa shape index (κ2) is 7.95. The molecular formula is C18H27ClN4O2. The number of carbonyl (C=O) groups is 1. The number of nitrogen functional groups attached to an aromatic ring is 1. The first-order chi connectivity index (χ1) is 11.7. The molecule has 0 unspecified atom stereocenters. The van der Waals surface area contributed by atoms with Gasteiger partial charge in [0.25, 0.3) is 0 Å². The van der Waals surface area contributed by atoms with E-state index < -0.39 is 5.60 Å². The van der Waals surface area contributed by atoms with Crippen molar-refractivity contribution < 1.29 is 9.53 Å². The van der Waals surface area contributed by atoms with Gasteiger partial charge in [0.15, 0.2) is 0 Å². The third kappa shape index (κ3) is 5.53. The first-order valence-electron chi connectivity index (χ1n) is 8.54. The third-order valence-corrected chi connectivity index (χ3v) is 4.11. The van der Waals surface area contributed by atoms with E-state index in [1.807, 2.05) is 34.0 Å². The number of hydrogen-bond donors (Lipinski definition) is 2. The van der Waals surface area contributed by atoms with Crippen molar-refractivity contribution >= 4 is 34.3 Å². The Morgan fingerprint density at radius 3 is 2.76 bits per heavy atom. The minimum atomic E-state index is -0.469. The van der Waals surface area contributed by atoms with Gasteiger partial charge in [-0.15, -0.1) is 0 Å². The highest BCUT2D eigenvalue weighted by Crippen LogP contribution is 2.31. The van der Waals surface area contributed by atoms with E-state index >= 15 is 0 Å². The molecule has 0 aliphatic rings. The Balaban J connectivity index is 1.82. The van der Waals surface area contributed by atoms with Gasteiger partial charge in [0.2, 0.25) is 0 Å². The van der Waals surface area contributed by atoms with Crippen LogP contribution in [0.5, 0.6) is 0 Å². The first kappa shape index (κ1) is 19.4. The molecule has 0 atom stereocenters. The summed E-state index contributed by atoms with van der Waals surface area (Å²) >= 11 is 6.22. The quantitative estimate of drug-likeness (QED) is 0.597. The number of amides is 1. The summed E-state index contributed by atoms with van der Waals surface area (Å²) < 4.78 is 6.97. The van der Waals surface area contributed by atoms with Crippen molar-refractivity contribution in [3.8, 4) is 0 Å². The fourth-order valence-electron chi connectivity index (χ4n) is 2.71. The number of nitrogens with one attached hydrogen (secondary N) is 1. The molecule has 0 spiro atoms. The van der Waals surface area contributed by atoms with Gasteiger partial charge in [0, 0.05) is 25.2 Å². The van der Waals surface area contributed by atoms with Crippen LogP contribution >= 0.6 is 11.6 Å². The smallest absolute Gasteiger partial charge is 0.407 e.